The van der Waals surface area contributed by atoms with Gasteiger partial charge in [-0.1, -0.05) is 6.92 Å². The number of likely N-dealkylation sites (tertiary alicyclic amines) is 1. The molecule has 1 spiro atoms. The van der Waals surface area contributed by atoms with E-state index in [-0.39, 0.29) is 23.1 Å². The van der Waals surface area contributed by atoms with Crippen LogP contribution in [0.3, 0.4) is 0 Å². The normalized spacial score (nSPS) is 27.1. The van der Waals surface area contributed by atoms with Gasteiger partial charge in [0.1, 0.15) is 0 Å². The summed E-state index contributed by atoms with van der Waals surface area (Å²) in [7, 11) is -3.20. The van der Waals surface area contributed by atoms with E-state index in [1.54, 1.807) is 4.31 Å². The van der Waals surface area contributed by atoms with E-state index < -0.39 is 10.0 Å². The molecule has 3 saturated heterocycles. The van der Waals surface area contributed by atoms with Crippen molar-refractivity contribution in [2.45, 2.75) is 39.0 Å². The number of ether oxygens (including phenoxy) is 1. The SMILES string of the molecule is CCCS(=O)(=O)N1CC(CNC(=O)N2CCCC2)C2(CCOCC2)C1. The van der Waals surface area contributed by atoms with Crippen LogP contribution in [0, 0.1) is 11.3 Å². The summed E-state index contributed by atoms with van der Waals surface area (Å²) in [5, 5.41) is 3.07. The zero-order chi connectivity index (χ0) is 17.9. The summed E-state index contributed by atoms with van der Waals surface area (Å²) in [5.41, 5.74) is -0.0582. The lowest BCUT2D eigenvalue weighted by Gasteiger charge is -2.38. The Bertz CT molecular complexity index is 568. The third-order valence-electron chi connectivity index (χ3n) is 6.02. The van der Waals surface area contributed by atoms with E-state index in [0.717, 1.165) is 38.8 Å². The van der Waals surface area contributed by atoms with Crippen LogP contribution in [0.1, 0.15) is 39.0 Å². The monoisotopic (exact) mass is 373 g/mol. The first kappa shape index (κ1) is 18.9. The molecular weight excluding hydrogens is 342 g/mol. The second kappa shape index (κ2) is 7.80. The van der Waals surface area contributed by atoms with Gasteiger partial charge in [-0.25, -0.2) is 17.5 Å². The van der Waals surface area contributed by atoms with Crippen molar-refractivity contribution in [3.63, 3.8) is 0 Å². The standard InChI is InChI=1S/C17H31N3O4S/c1-2-11-25(22,23)20-13-15(17(14-20)5-9-24-10-6-17)12-18-16(21)19-7-3-4-8-19/h15H,2-14H2,1H3,(H,18,21). The molecule has 1 N–H and O–H groups in total. The Kier molecular flexibility index (Phi) is 5.90. The minimum atomic E-state index is -3.20. The number of hydrogen-bond donors (Lipinski definition) is 1. The van der Waals surface area contributed by atoms with E-state index in [0.29, 0.717) is 39.3 Å². The first-order valence-electron chi connectivity index (χ1n) is 9.55. The van der Waals surface area contributed by atoms with Crippen molar-refractivity contribution in [2.24, 2.45) is 11.3 Å². The molecule has 0 aromatic heterocycles. The van der Waals surface area contributed by atoms with E-state index >= 15 is 0 Å². The first-order valence-corrected chi connectivity index (χ1v) is 11.2. The highest BCUT2D eigenvalue weighted by Gasteiger charge is 2.50. The maximum absolute atomic E-state index is 12.6. The molecule has 0 radical (unpaired) electrons. The summed E-state index contributed by atoms with van der Waals surface area (Å²) in [6, 6.07) is -0.00502. The summed E-state index contributed by atoms with van der Waals surface area (Å²) in [4.78, 5) is 14.2. The Morgan fingerprint density at radius 3 is 2.56 bits per heavy atom. The summed E-state index contributed by atoms with van der Waals surface area (Å²) in [6.45, 7) is 6.54. The third-order valence-corrected chi connectivity index (χ3v) is 8.01. The average molecular weight is 374 g/mol. The zero-order valence-corrected chi connectivity index (χ0v) is 16.0. The van der Waals surface area contributed by atoms with Gasteiger partial charge in [-0.15, -0.1) is 0 Å². The minimum absolute atomic E-state index is 0.00502. The fourth-order valence-corrected chi connectivity index (χ4v) is 6.09. The van der Waals surface area contributed by atoms with E-state index in [1.807, 2.05) is 11.8 Å². The fourth-order valence-electron chi connectivity index (χ4n) is 4.45. The van der Waals surface area contributed by atoms with Crippen LogP contribution in [-0.2, 0) is 14.8 Å². The zero-order valence-electron chi connectivity index (χ0n) is 15.2. The van der Waals surface area contributed by atoms with Gasteiger partial charge in [0.25, 0.3) is 0 Å². The first-order chi connectivity index (χ1) is 12.0. The number of carbonyl (C=O) groups is 1. The van der Waals surface area contributed by atoms with E-state index in [4.69, 9.17) is 4.74 Å². The number of hydrogen-bond acceptors (Lipinski definition) is 4. The number of urea groups is 1. The molecule has 25 heavy (non-hydrogen) atoms. The number of nitrogens with zero attached hydrogens (tertiary/aromatic N) is 2. The molecule has 1 unspecified atom stereocenters. The van der Waals surface area contributed by atoms with Crippen molar-refractivity contribution in [3.8, 4) is 0 Å². The van der Waals surface area contributed by atoms with Gasteiger partial charge in [-0.3, -0.25) is 0 Å². The van der Waals surface area contributed by atoms with Crippen LogP contribution in [0.2, 0.25) is 0 Å². The Hall–Kier alpha value is -0.860. The molecule has 0 aromatic rings. The largest absolute Gasteiger partial charge is 0.381 e. The van der Waals surface area contributed by atoms with Crippen LogP contribution in [0.5, 0.6) is 0 Å². The Morgan fingerprint density at radius 1 is 1.24 bits per heavy atom. The summed E-state index contributed by atoms with van der Waals surface area (Å²) in [6.07, 6.45) is 4.51. The summed E-state index contributed by atoms with van der Waals surface area (Å²) in [5.74, 6) is 0.362. The molecule has 0 aliphatic carbocycles. The van der Waals surface area contributed by atoms with Crippen LogP contribution in [0.25, 0.3) is 0 Å². The maximum atomic E-state index is 12.6. The van der Waals surface area contributed by atoms with Crippen molar-refractivity contribution in [2.75, 3.05) is 51.7 Å². The minimum Gasteiger partial charge on any atom is -0.381 e. The quantitative estimate of drug-likeness (QED) is 0.787. The van der Waals surface area contributed by atoms with Crippen LogP contribution in [0.15, 0.2) is 0 Å². The van der Waals surface area contributed by atoms with Gasteiger partial charge >= 0.3 is 6.03 Å². The predicted octanol–water partition coefficient (Wildman–Crippen LogP) is 1.26. The smallest absolute Gasteiger partial charge is 0.317 e. The predicted molar refractivity (Wildman–Crippen MR) is 95.8 cm³/mol. The van der Waals surface area contributed by atoms with E-state index in [9.17, 15) is 13.2 Å². The van der Waals surface area contributed by atoms with Gasteiger partial charge in [-0.2, -0.15) is 0 Å². The van der Waals surface area contributed by atoms with Crippen molar-refractivity contribution < 1.29 is 17.9 Å². The number of sulfonamides is 1. The molecule has 7 nitrogen and oxygen atoms in total. The molecule has 3 aliphatic heterocycles. The third kappa shape index (κ3) is 4.11. The number of amides is 2. The van der Waals surface area contributed by atoms with Crippen molar-refractivity contribution in [3.05, 3.63) is 0 Å². The molecule has 3 aliphatic rings. The molecule has 0 bridgehead atoms. The highest BCUT2D eigenvalue weighted by atomic mass is 32.2. The lowest BCUT2D eigenvalue weighted by atomic mass is 9.72. The van der Waals surface area contributed by atoms with Crippen LogP contribution in [-0.4, -0.2) is 75.3 Å². The van der Waals surface area contributed by atoms with Crippen molar-refractivity contribution in [1.82, 2.24) is 14.5 Å². The lowest BCUT2D eigenvalue weighted by Crippen LogP contribution is -2.45. The molecule has 144 valence electrons. The fraction of sp³-hybridized carbons (Fsp3) is 0.941. The molecule has 0 saturated carbocycles. The maximum Gasteiger partial charge on any atom is 0.317 e. The van der Waals surface area contributed by atoms with Crippen LogP contribution in [0.4, 0.5) is 4.79 Å². The van der Waals surface area contributed by atoms with Gasteiger partial charge in [0.15, 0.2) is 0 Å². The molecule has 1 atom stereocenters. The molecule has 0 aromatic carbocycles. The number of rotatable bonds is 5. The van der Waals surface area contributed by atoms with Gasteiger partial charge < -0.3 is 15.0 Å². The van der Waals surface area contributed by atoms with Crippen LogP contribution >= 0.6 is 0 Å². The number of nitrogens with one attached hydrogen (secondary N) is 1. The molecule has 3 fully saturated rings. The van der Waals surface area contributed by atoms with Crippen LogP contribution < -0.4 is 5.32 Å². The Morgan fingerprint density at radius 2 is 1.92 bits per heavy atom. The van der Waals surface area contributed by atoms with Gasteiger partial charge in [0, 0.05) is 45.9 Å². The lowest BCUT2D eigenvalue weighted by molar-refractivity contribution is 0.00176. The number of carbonyl (C=O) groups excluding carboxylic acids is 1. The topological polar surface area (TPSA) is 79.0 Å². The molecule has 3 heterocycles. The average Bonchev–Trinajstić information content (AvgIpc) is 3.23. The second-order valence-electron chi connectivity index (χ2n) is 7.66. The highest BCUT2D eigenvalue weighted by Crippen LogP contribution is 2.45. The van der Waals surface area contributed by atoms with E-state index in [2.05, 4.69) is 5.32 Å². The molecule has 8 heteroatoms. The second-order valence-corrected chi connectivity index (χ2v) is 9.75. The van der Waals surface area contributed by atoms with Crippen molar-refractivity contribution >= 4 is 16.1 Å². The van der Waals surface area contributed by atoms with Crippen molar-refractivity contribution in [1.29, 1.82) is 0 Å². The summed E-state index contributed by atoms with van der Waals surface area (Å²) >= 11 is 0. The van der Waals surface area contributed by atoms with E-state index in [1.165, 1.54) is 0 Å². The molecule has 2 amide bonds. The Balaban J connectivity index is 1.67. The Labute approximate surface area is 151 Å². The highest BCUT2D eigenvalue weighted by molar-refractivity contribution is 7.89. The van der Waals surface area contributed by atoms with Gasteiger partial charge in [-0.05, 0) is 43.4 Å². The van der Waals surface area contributed by atoms with Gasteiger partial charge in [0.2, 0.25) is 10.0 Å². The summed E-state index contributed by atoms with van der Waals surface area (Å²) < 4.78 is 32.3. The molecular formula is C17H31N3O4S. The van der Waals surface area contributed by atoms with Gasteiger partial charge in [0.05, 0.1) is 5.75 Å². The molecule has 3 rings (SSSR count).